The van der Waals surface area contributed by atoms with Crippen LogP contribution in [0.1, 0.15) is 5.56 Å². The molecule has 0 bridgehead atoms. The van der Waals surface area contributed by atoms with Gasteiger partial charge in [-0.1, -0.05) is 15.9 Å². The predicted octanol–water partition coefficient (Wildman–Crippen LogP) is 4.67. The van der Waals surface area contributed by atoms with Crippen LogP contribution in [0.4, 0.5) is 11.4 Å². The smallest absolute Gasteiger partial charge is 0.264 e. The second-order valence-electron chi connectivity index (χ2n) is 4.38. The number of nitrogens with one attached hydrogen (secondary N) is 1. The number of hydrogen-bond donors (Lipinski definition) is 2. The lowest BCUT2D eigenvalue weighted by Crippen LogP contribution is -2.14. The zero-order chi connectivity index (χ0) is 15.8. The van der Waals surface area contributed by atoms with Crippen molar-refractivity contribution in [3.05, 3.63) is 49.3 Å². The first-order valence-corrected chi connectivity index (χ1v) is 9.60. The highest BCUT2D eigenvalue weighted by Crippen LogP contribution is 2.33. The van der Waals surface area contributed by atoms with Crippen molar-refractivity contribution in [2.24, 2.45) is 0 Å². The average Bonchev–Trinajstić information content (AvgIpc) is 2.31. The van der Waals surface area contributed by atoms with E-state index in [4.69, 9.17) is 5.73 Å². The first-order valence-electron chi connectivity index (χ1n) is 5.74. The Labute approximate surface area is 148 Å². The van der Waals surface area contributed by atoms with Crippen molar-refractivity contribution >= 4 is 69.2 Å². The Morgan fingerprint density at radius 3 is 2.10 bits per heavy atom. The molecule has 0 atom stereocenters. The maximum atomic E-state index is 12.5. The van der Waals surface area contributed by atoms with Crippen molar-refractivity contribution in [2.45, 2.75) is 11.8 Å². The third-order valence-corrected chi connectivity index (χ3v) is 6.85. The van der Waals surface area contributed by atoms with E-state index in [1.165, 1.54) is 0 Å². The molecule has 21 heavy (non-hydrogen) atoms. The highest BCUT2D eigenvalue weighted by atomic mass is 79.9. The van der Waals surface area contributed by atoms with Crippen molar-refractivity contribution in [2.75, 3.05) is 10.5 Å². The summed E-state index contributed by atoms with van der Waals surface area (Å²) in [6.07, 6.45) is 0. The molecule has 0 fully saturated rings. The van der Waals surface area contributed by atoms with Crippen LogP contribution in [0.15, 0.2) is 48.6 Å². The number of aryl methyl sites for hydroxylation is 1. The Morgan fingerprint density at radius 2 is 1.57 bits per heavy atom. The second kappa shape index (κ2) is 6.28. The quantitative estimate of drug-likeness (QED) is 0.604. The number of benzene rings is 2. The van der Waals surface area contributed by atoms with Gasteiger partial charge in [-0.15, -0.1) is 0 Å². The lowest BCUT2D eigenvalue weighted by Gasteiger charge is -2.13. The molecule has 2 aromatic rings. The average molecular weight is 499 g/mol. The van der Waals surface area contributed by atoms with Gasteiger partial charge in [-0.2, -0.15) is 0 Å². The predicted molar refractivity (Wildman–Crippen MR) is 95.9 cm³/mol. The van der Waals surface area contributed by atoms with Crippen LogP contribution in [0, 0.1) is 6.92 Å². The van der Waals surface area contributed by atoms with Crippen LogP contribution < -0.4 is 10.5 Å². The molecule has 0 saturated carbocycles. The molecule has 0 aliphatic heterocycles. The van der Waals surface area contributed by atoms with Crippen molar-refractivity contribution in [3.8, 4) is 0 Å². The largest absolute Gasteiger partial charge is 0.399 e. The van der Waals surface area contributed by atoms with E-state index in [0.29, 0.717) is 20.3 Å². The highest BCUT2D eigenvalue weighted by molar-refractivity contribution is 9.11. The van der Waals surface area contributed by atoms with Crippen molar-refractivity contribution < 1.29 is 8.42 Å². The van der Waals surface area contributed by atoms with Gasteiger partial charge < -0.3 is 5.73 Å². The Bertz CT molecular complexity index is 784. The van der Waals surface area contributed by atoms with Crippen molar-refractivity contribution in [1.82, 2.24) is 0 Å². The maximum absolute atomic E-state index is 12.5. The molecule has 0 aliphatic carbocycles. The van der Waals surface area contributed by atoms with E-state index < -0.39 is 10.0 Å². The molecule has 0 spiro atoms. The van der Waals surface area contributed by atoms with Gasteiger partial charge in [0.15, 0.2) is 0 Å². The van der Waals surface area contributed by atoms with Gasteiger partial charge in [-0.25, -0.2) is 8.42 Å². The fourth-order valence-electron chi connectivity index (χ4n) is 1.75. The van der Waals surface area contributed by atoms with Gasteiger partial charge in [0, 0.05) is 24.8 Å². The fraction of sp³-hybridized carbons (Fsp3) is 0.0769. The van der Waals surface area contributed by atoms with Gasteiger partial charge in [0.1, 0.15) is 4.90 Å². The number of nitrogen functional groups attached to an aromatic ring is 1. The summed E-state index contributed by atoms with van der Waals surface area (Å²) in [4.78, 5) is 0.109. The number of anilines is 2. The number of sulfonamides is 1. The van der Waals surface area contributed by atoms with Crippen LogP contribution >= 0.6 is 47.8 Å². The molecule has 0 heterocycles. The maximum Gasteiger partial charge on any atom is 0.264 e. The molecule has 0 saturated heterocycles. The number of rotatable bonds is 3. The molecule has 2 aromatic carbocycles. The third kappa shape index (κ3) is 3.80. The summed E-state index contributed by atoms with van der Waals surface area (Å²) in [5.74, 6) is 0. The minimum absolute atomic E-state index is 0.109. The van der Waals surface area contributed by atoms with E-state index in [2.05, 4.69) is 52.5 Å². The Hall–Kier alpha value is -0.570. The van der Waals surface area contributed by atoms with Crippen LogP contribution in [-0.4, -0.2) is 8.42 Å². The Morgan fingerprint density at radius 1 is 1.00 bits per heavy atom. The third-order valence-electron chi connectivity index (χ3n) is 2.70. The second-order valence-corrected chi connectivity index (χ2v) is 8.57. The summed E-state index contributed by atoms with van der Waals surface area (Å²) in [5, 5.41) is 0. The molecule has 0 aromatic heterocycles. The molecule has 112 valence electrons. The zero-order valence-corrected chi connectivity index (χ0v) is 16.4. The monoisotopic (exact) mass is 496 g/mol. The normalized spacial score (nSPS) is 11.4. The summed E-state index contributed by atoms with van der Waals surface area (Å²) in [6.45, 7) is 1.89. The van der Waals surface area contributed by atoms with Crippen LogP contribution in [-0.2, 0) is 10.0 Å². The molecule has 8 heteroatoms. The molecule has 2 rings (SSSR count). The highest BCUT2D eigenvalue weighted by Gasteiger charge is 2.22. The van der Waals surface area contributed by atoms with Gasteiger partial charge in [0.05, 0.1) is 0 Å². The van der Waals surface area contributed by atoms with E-state index in [-0.39, 0.29) is 4.90 Å². The Kier molecular flexibility index (Phi) is 5.02. The van der Waals surface area contributed by atoms with E-state index >= 15 is 0 Å². The minimum Gasteiger partial charge on any atom is -0.399 e. The summed E-state index contributed by atoms with van der Waals surface area (Å²) in [5.41, 5.74) is 7.57. The number of nitrogens with two attached hydrogens (primary N) is 1. The summed E-state index contributed by atoms with van der Waals surface area (Å²) < 4.78 is 29.3. The van der Waals surface area contributed by atoms with Crippen molar-refractivity contribution in [1.29, 1.82) is 0 Å². The topological polar surface area (TPSA) is 72.2 Å². The summed E-state index contributed by atoms with van der Waals surface area (Å²) >= 11 is 9.85. The molecule has 4 nitrogen and oxygen atoms in total. The lowest BCUT2D eigenvalue weighted by atomic mass is 10.2. The number of hydrogen-bond acceptors (Lipinski definition) is 3. The molecular weight excluding hydrogens is 488 g/mol. The van der Waals surface area contributed by atoms with Gasteiger partial charge in [0.25, 0.3) is 10.0 Å². The molecule has 0 unspecified atom stereocenters. The number of halogens is 3. The van der Waals surface area contributed by atoms with Crippen LogP contribution in [0.2, 0.25) is 0 Å². The molecule has 0 amide bonds. The first kappa shape index (κ1) is 16.8. The van der Waals surface area contributed by atoms with Crippen molar-refractivity contribution in [3.63, 3.8) is 0 Å². The summed E-state index contributed by atoms with van der Waals surface area (Å²) in [7, 11) is -3.74. The van der Waals surface area contributed by atoms with Crippen LogP contribution in [0.25, 0.3) is 0 Å². The zero-order valence-electron chi connectivity index (χ0n) is 10.8. The van der Waals surface area contributed by atoms with E-state index in [0.717, 1.165) is 10.0 Å². The summed E-state index contributed by atoms with van der Waals surface area (Å²) in [6, 6.07) is 8.33. The molecular formula is C13H11Br3N2O2S. The molecule has 0 radical (unpaired) electrons. The van der Waals surface area contributed by atoms with E-state index in [9.17, 15) is 8.42 Å². The van der Waals surface area contributed by atoms with Crippen LogP contribution in [0.3, 0.4) is 0 Å². The SMILES string of the molecule is Cc1cc(NS(=O)(=O)c2c(Br)cc(N)cc2Br)ccc1Br. The van der Waals surface area contributed by atoms with E-state index in [1.54, 1.807) is 30.3 Å². The standard InChI is InChI=1S/C13H11Br3N2O2S/c1-7-4-9(2-3-10(7)14)18-21(19,20)13-11(15)5-8(17)6-12(13)16/h2-6,18H,17H2,1H3. The Balaban J connectivity index is 2.46. The lowest BCUT2D eigenvalue weighted by molar-refractivity contribution is 0.600. The van der Waals surface area contributed by atoms with Gasteiger partial charge in [-0.05, 0) is 74.7 Å². The van der Waals surface area contributed by atoms with Crippen LogP contribution in [0.5, 0.6) is 0 Å². The van der Waals surface area contributed by atoms with E-state index in [1.807, 2.05) is 6.92 Å². The molecule has 3 N–H and O–H groups in total. The van der Waals surface area contributed by atoms with Gasteiger partial charge >= 0.3 is 0 Å². The first-order chi connectivity index (χ1) is 9.70. The minimum atomic E-state index is -3.74. The fourth-order valence-corrected chi connectivity index (χ4v) is 5.67. The van der Waals surface area contributed by atoms with Gasteiger partial charge in [0.2, 0.25) is 0 Å². The van der Waals surface area contributed by atoms with Gasteiger partial charge in [-0.3, -0.25) is 4.72 Å². The molecule has 0 aliphatic rings.